The van der Waals surface area contributed by atoms with Gasteiger partial charge in [0.25, 0.3) is 0 Å². The highest BCUT2D eigenvalue weighted by Crippen LogP contribution is 2.18. The Morgan fingerprint density at radius 2 is 1.79 bits per heavy atom. The number of ether oxygens (including phenoxy) is 1. The summed E-state index contributed by atoms with van der Waals surface area (Å²) in [5, 5.41) is 6.24. The Morgan fingerprint density at radius 3 is 2.33 bits per heavy atom. The largest absolute Gasteiger partial charge is 0.381 e. The fraction of sp³-hybridized carbons (Fsp3) is 0.882. The molecule has 7 heteroatoms. The quantitative estimate of drug-likeness (QED) is 0.279. The monoisotopic (exact) mass is 454 g/mol. The minimum absolute atomic E-state index is 0. The van der Waals surface area contributed by atoms with E-state index in [1.54, 1.807) is 7.05 Å². The molecule has 1 rings (SSSR count). The maximum atomic E-state index is 11.8. The van der Waals surface area contributed by atoms with Gasteiger partial charge >= 0.3 is 0 Å². The first kappa shape index (κ1) is 23.4. The lowest BCUT2D eigenvalue weighted by atomic mass is 9.96. The zero-order valence-corrected chi connectivity index (χ0v) is 18.2. The molecule has 24 heavy (non-hydrogen) atoms. The number of carbonyl (C=O) groups is 1. The van der Waals surface area contributed by atoms with Crippen LogP contribution in [0, 0.1) is 11.3 Å². The van der Waals surface area contributed by atoms with Crippen LogP contribution in [0.15, 0.2) is 4.99 Å². The Hall–Kier alpha value is -0.570. The van der Waals surface area contributed by atoms with Gasteiger partial charge in [0.05, 0.1) is 0 Å². The van der Waals surface area contributed by atoms with Crippen LogP contribution in [0.1, 0.15) is 40.0 Å². The Labute approximate surface area is 164 Å². The number of halogens is 1. The van der Waals surface area contributed by atoms with E-state index in [1.165, 1.54) is 19.3 Å². The lowest BCUT2D eigenvalue weighted by Crippen LogP contribution is -2.44. The molecule has 0 unspecified atom stereocenters. The van der Waals surface area contributed by atoms with Gasteiger partial charge in [-0.05, 0) is 25.2 Å². The summed E-state index contributed by atoms with van der Waals surface area (Å²) < 4.78 is 5.40. The molecule has 1 aliphatic heterocycles. The number of amides is 1. The minimum Gasteiger partial charge on any atom is -0.381 e. The van der Waals surface area contributed by atoms with Crippen LogP contribution in [-0.4, -0.2) is 63.7 Å². The molecule has 0 saturated carbocycles. The molecule has 6 nitrogen and oxygen atoms in total. The number of rotatable bonds is 6. The summed E-state index contributed by atoms with van der Waals surface area (Å²) in [6.07, 6.45) is 3.50. The van der Waals surface area contributed by atoms with Crippen molar-refractivity contribution < 1.29 is 9.53 Å². The number of hydrogen-bond donors (Lipinski definition) is 2. The third-order valence-corrected chi connectivity index (χ3v) is 4.16. The van der Waals surface area contributed by atoms with Crippen molar-refractivity contribution in [2.45, 2.75) is 40.0 Å². The van der Waals surface area contributed by atoms with Crippen molar-refractivity contribution in [3.63, 3.8) is 0 Å². The highest BCUT2D eigenvalue weighted by Gasteiger charge is 2.20. The fourth-order valence-corrected chi connectivity index (χ4v) is 2.52. The Morgan fingerprint density at radius 1 is 1.21 bits per heavy atom. The predicted octanol–water partition coefficient (Wildman–Crippen LogP) is 2.09. The molecule has 0 radical (unpaired) electrons. The average Bonchev–Trinajstić information content (AvgIpc) is 2.52. The molecule has 0 aromatic rings. The fourth-order valence-electron chi connectivity index (χ4n) is 2.52. The number of carbonyl (C=O) groups excluding carboxylic acids is 1. The zero-order chi connectivity index (χ0) is 17.3. The molecule has 0 spiro atoms. The molecule has 2 N–H and O–H groups in total. The molecule has 0 bridgehead atoms. The van der Waals surface area contributed by atoms with Gasteiger partial charge in [0.2, 0.25) is 5.91 Å². The van der Waals surface area contributed by atoms with Crippen molar-refractivity contribution in [1.29, 1.82) is 0 Å². The Kier molecular flexibility index (Phi) is 11.6. The van der Waals surface area contributed by atoms with Crippen molar-refractivity contribution in [1.82, 2.24) is 15.5 Å². The summed E-state index contributed by atoms with van der Waals surface area (Å²) in [5.74, 6) is 1.71. The standard InChI is InChI=1S/C17H34N4O2.HI/c1-17(2,3)15(22)19-9-10-20-16(18-4)21(5)11-6-14-7-12-23-13-8-14;/h14H,6-13H2,1-5H3,(H,18,20)(H,19,22);1H. The molecule has 0 aliphatic carbocycles. The lowest BCUT2D eigenvalue weighted by molar-refractivity contribution is -0.128. The molecule has 1 heterocycles. The van der Waals surface area contributed by atoms with Crippen LogP contribution in [0.3, 0.4) is 0 Å². The van der Waals surface area contributed by atoms with Gasteiger partial charge in [0, 0.05) is 52.4 Å². The molecule has 0 aromatic carbocycles. The van der Waals surface area contributed by atoms with Gasteiger partial charge in [0.15, 0.2) is 5.96 Å². The smallest absolute Gasteiger partial charge is 0.225 e. The number of nitrogens with zero attached hydrogens (tertiary/aromatic N) is 2. The normalized spacial score (nSPS) is 16.3. The van der Waals surface area contributed by atoms with Crippen molar-refractivity contribution in [3.8, 4) is 0 Å². The molecule has 1 fully saturated rings. The van der Waals surface area contributed by atoms with Crippen LogP contribution in [0.25, 0.3) is 0 Å². The summed E-state index contributed by atoms with van der Waals surface area (Å²) >= 11 is 0. The van der Waals surface area contributed by atoms with Crippen LogP contribution in [0.2, 0.25) is 0 Å². The summed E-state index contributed by atoms with van der Waals surface area (Å²) in [6.45, 7) is 9.80. The van der Waals surface area contributed by atoms with E-state index in [2.05, 4.69) is 27.6 Å². The van der Waals surface area contributed by atoms with Crippen molar-refractivity contribution >= 4 is 35.8 Å². The van der Waals surface area contributed by atoms with E-state index in [1.807, 2.05) is 20.8 Å². The van der Waals surface area contributed by atoms with E-state index in [9.17, 15) is 4.79 Å². The maximum absolute atomic E-state index is 11.8. The summed E-state index contributed by atoms with van der Waals surface area (Å²) in [4.78, 5) is 18.3. The molecule has 1 amide bonds. The van der Waals surface area contributed by atoms with E-state index < -0.39 is 0 Å². The van der Waals surface area contributed by atoms with Crippen molar-refractivity contribution in [2.24, 2.45) is 16.3 Å². The van der Waals surface area contributed by atoms with E-state index in [0.717, 1.165) is 31.6 Å². The van der Waals surface area contributed by atoms with Gasteiger partial charge in [-0.1, -0.05) is 20.8 Å². The maximum Gasteiger partial charge on any atom is 0.225 e. The summed E-state index contributed by atoms with van der Waals surface area (Å²) in [7, 11) is 3.85. The van der Waals surface area contributed by atoms with Gasteiger partial charge in [-0.15, -0.1) is 24.0 Å². The van der Waals surface area contributed by atoms with Gasteiger partial charge in [-0.2, -0.15) is 0 Å². The zero-order valence-electron chi connectivity index (χ0n) is 15.9. The van der Waals surface area contributed by atoms with Crippen molar-refractivity contribution in [2.75, 3.05) is 46.9 Å². The molecule has 1 saturated heterocycles. The average molecular weight is 454 g/mol. The van der Waals surface area contributed by atoms with Gasteiger partial charge in [-0.3, -0.25) is 9.79 Å². The summed E-state index contributed by atoms with van der Waals surface area (Å²) in [5.41, 5.74) is -0.345. The highest BCUT2D eigenvalue weighted by atomic mass is 127. The van der Waals surface area contributed by atoms with E-state index in [4.69, 9.17) is 4.74 Å². The molecular formula is C17H35IN4O2. The first-order chi connectivity index (χ1) is 10.8. The van der Waals surface area contributed by atoms with Crippen LogP contribution in [-0.2, 0) is 9.53 Å². The SMILES string of the molecule is CN=C(NCCNC(=O)C(C)(C)C)N(C)CCC1CCOCC1.I. The number of hydrogen-bond acceptors (Lipinski definition) is 3. The number of nitrogens with one attached hydrogen (secondary N) is 2. The second-order valence-corrected chi connectivity index (χ2v) is 7.25. The third-order valence-electron chi connectivity index (χ3n) is 4.16. The number of aliphatic imine (C=N–C) groups is 1. The van der Waals surface area contributed by atoms with Crippen LogP contribution < -0.4 is 10.6 Å². The predicted molar refractivity (Wildman–Crippen MR) is 110 cm³/mol. The van der Waals surface area contributed by atoms with Gasteiger partial charge in [0.1, 0.15) is 0 Å². The van der Waals surface area contributed by atoms with Crippen molar-refractivity contribution in [3.05, 3.63) is 0 Å². The topological polar surface area (TPSA) is 66.0 Å². The van der Waals surface area contributed by atoms with Crippen LogP contribution >= 0.6 is 24.0 Å². The van der Waals surface area contributed by atoms with Crippen LogP contribution in [0.5, 0.6) is 0 Å². The second kappa shape index (κ2) is 11.9. The van der Waals surface area contributed by atoms with E-state index in [0.29, 0.717) is 13.1 Å². The molecular weight excluding hydrogens is 419 g/mol. The first-order valence-corrected chi connectivity index (χ1v) is 8.62. The second-order valence-electron chi connectivity index (χ2n) is 7.25. The molecule has 1 aliphatic rings. The third kappa shape index (κ3) is 9.05. The molecule has 142 valence electrons. The Balaban J connectivity index is 0.00000529. The van der Waals surface area contributed by atoms with E-state index in [-0.39, 0.29) is 35.3 Å². The van der Waals surface area contributed by atoms with Crippen LogP contribution in [0.4, 0.5) is 0 Å². The van der Waals surface area contributed by atoms with Gasteiger partial charge in [-0.25, -0.2) is 0 Å². The van der Waals surface area contributed by atoms with E-state index >= 15 is 0 Å². The summed E-state index contributed by atoms with van der Waals surface area (Å²) in [6, 6.07) is 0. The van der Waals surface area contributed by atoms with Gasteiger partial charge < -0.3 is 20.3 Å². The first-order valence-electron chi connectivity index (χ1n) is 8.62. The lowest BCUT2D eigenvalue weighted by Gasteiger charge is -2.27. The molecule has 0 aromatic heterocycles. The highest BCUT2D eigenvalue weighted by molar-refractivity contribution is 14.0. The Bertz CT molecular complexity index is 391. The number of guanidine groups is 1. The minimum atomic E-state index is -0.345. The molecule has 0 atom stereocenters.